The second-order valence-corrected chi connectivity index (χ2v) is 5.96. The molecule has 0 fully saturated rings. The van der Waals surface area contributed by atoms with Crippen LogP contribution in [0.25, 0.3) is 0 Å². The summed E-state index contributed by atoms with van der Waals surface area (Å²) in [6.45, 7) is -1.04. The summed E-state index contributed by atoms with van der Waals surface area (Å²) < 4.78 is 30.5. The van der Waals surface area contributed by atoms with Gasteiger partial charge in [0.25, 0.3) is 12.3 Å². The van der Waals surface area contributed by atoms with E-state index in [2.05, 4.69) is 20.9 Å². The van der Waals surface area contributed by atoms with Crippen LogP contribution in [0.3, 0.4) is 0 Å². The fourth-order valence-electron chi connectivity index (χ4n) is 2.07. The predicted octanol–water partition coefficient (Wildman–Crippen LogP) is 3.26. The van der Waals surface area contributed by atoms with Crippen LogP contribution >= 0.6 is 15.9 Å². The third kappa shape index (κ3) is 4.42. The van der Waals surface area contributed by atoms with Gasteiger partial charge >= 0.3 is 5.69 Å². The van der Waals surface area contributed by atoms with Crippen LogP contribution in [-0.2, 0) is 0 Å². The number of aromatic nitrogens is 1. The van der Waals surface area contributed by atoms with Crippen molar-refractivity contribution in [1.29, 1.82) is 0 Å². The lowest BCUT2D eigenvalue weighted by molar-refractivity contribution is -0.384. The number of nitro groups is 1. The van der Waals surface area contributed by atoms with Gasteiger partial charge in [0.15, 0.2) is 6.61 Å². The lowest BCUT2D eigenvalue weighted by Crippen LogP contribution is -2.20. The Morgan fingerprint density at radius 2 is 2.04 bits per heavy atom. The van der Waals surface area contributed by atoms with E-state index in [1.54, 1.807) is 24.3 Å². The van der Waals surface area contributed by atoms with E-state index in [-0.39, 0.29) is 5.82 Å². The smallest absolute Gasteiger partial charge is 0.313 e. The third-order valence-corrected chi connectivity index (χ3v) is 3.82. The molecule has 2 aromatic rings. The zero-order valence-electron chi connectivity index (χ0n) is 13.4. The normalized spacial score (nSPS) is 10.7. The Bertz CT molecular complexity index is 833. The van der Waals surface area contributed by atoms with Crippen molar-refractivity contribution in [2.45, 2.75) is 6.43 Å². The third-order valence-electron chi connectivity index (χ3n) is 3.29. The molecule has 0 unspecified atom stereocenters. The van der Waals surface area contributed by atoms with Crippen LogP contribution < -0.4 is 15.4 Å². The van der Waals surface area contributed by atoms with Crippen molar-refractivity contribution < 1.29 is 23.2 Å². The summed E-state index contributed by atoms with van der Waals surface area (Å²) >= 11 is 3.27. The van der Waals surface area contributed by atoms with E-state index in [0.717, 1.165) is 10.5 Å². The van der Waals surface area contributed by atoms with E-state index in [1.807, 2.05) is 0 Å². The Kier molecular flexibility index (Phi) is 6.03. The maximum atomic E-state index is 12.4. The van der Waals surface area contributed by atoms with Gasteiger partial charge in [-0.1, -0.05) is 15.9 Å². The number of primary amides is 1. The van der Waals surface area contributed by atoms with E-state index in [1.165, 1.54) is 11.9 Å². The van der Waals surface area contributed by atoms with Gasteiger partial charge in [0.1, 0.15) is 5.56 Å². The minimum Gasteiger partial charge on any atom is -0.471 e. The predicted molar refractivity (Wildman–Crippen MR) is 93.1 cm³/mol. The number of nitrogens with zero attached hydrogens (tertiary/aromatic N) is 3. The van der Waals surface area contributed by atoms with Crippen LogP contribution in [0.1, 0.15) is 10.4 Å². The van der Waals surface area contributed by atoms with E-state index in [0.29, 0.717) is 5.69 Å². The number of rotatable bonds is 7. The van der Waals surface area contributed by atoms with E-state index in [4.69, 9.17) is 10.5 Å². The van der Waals surface area contributed by atoms with Gasteiger partial charge in [-0.3, -0.25) is 14.9 Å². The first-order valence-electron chi connectivity index (χ1n) is 7.10. The Balaban J connectivity index is 2.57. The second kappa shape index (κ2) is 8.04. The Morgan fingerprint density at radius 1 is 1.42 bits per heavy atom. The molecule has 0 saturated heterocycles. The highest BCUT2D eigenvalue weighted by atomic mass is 79.9. The fraction of sp³-hybridized carbons (Fsp3) is 0.200. The van der Waals surface area contributed by atoms with Crippen LogP contribution in [0.5, 0.6) is 5.88 Å². The van der Waals surface area contributed by atoms with Gasteiger partial charge < -0.3 is 15.4 Å². The summed E-state index contributed by atoms with van der Waals surface area (Å²) in [4.78, 5) is 27.4. The summed E-state index contributed by atoms with van der Waals surface area (Å²) in [5, 5.41) is 11.4. The minimum atomic E-state index is -2.82. The molecule has 0 saturated carbocycles. The largest absolute Gasteiger partial charge is 0.471 e. The Morgan fingerprint density at radius 3 is 2.54 bits per heavy atom. The molecule has 0 aliphatic heterocycles. The van der Waals surface area contributed by atoms with Crippen molar-refractivity contribution in [2.75, 3.05) is 18.6 Å². The average Bonchev–Trinajstić information content (AvgIpc) is 2.58. The lowest BCUT2D eigenvalue weighted by atomic mass is 10.2. The fourth-order valence-corrected chi connectivity index (χ4v) is 2.34. The first-order valence-corrected chi connectivity index (χ1v) is 7.89. The standard InChI is InChI=1S/C15H13BrF2N4O4/c1-21(9-4-2-8(16)3-5-9)14-11(22(24)25)6-10(13(19)23)15(20-14)26-7-12(17)18/h2-6,12H,7H2,1H3,(H2,19,23). The number of pyridine rings is 1. The van der Waals surface area contributed by atoms with Crippen molar-refractivity contribution in [1.82, 2.24) is 4.98 Å². The topological polar surface area (TPSA) is 112 Å². The quantitative estimate of drug-likeness (QED) is 0.532. The van der Waals surface area contributed by atoms with Gasteiger partial charge in [0, 0.05) is 23.3 Å². The van der Waals surface area contributed by atoms with Crippen LogP contribution in [0.4, 0.5) is 26.0 Å². The molecule has 0 aliphatic rings. The molecule has 2 rings (SSSR count). The highest BCUT2D eigenvalue weighted by molar-refractivity contribution is 9.10. The lowest BCUT2D eigenvalue weighted by Gasteiger charge is -2.20. The molecule has 138 valence electrons. The first-order chi connectivity index (χ1) is 12.2. The van der Waals surface area contributed by atoms with Gasteiger partial charge in [-0.2, -0.15) is 4.98 Å². The number of anilines is 2. The maximum Gasteiger partial charge on any atom is 0.313 e. The zero-order chi connectivity index (χ0) is 19.4. The molecule has 0 atom stereocenters. The van der Waals surface area contributed by atoms with Gasteiger partial charge in [-0.25, -0.2) is 8.78 Å². The molecule has 1 aromatic heterocycles. The Hall–Kier alpha value is -2.82. The van der Waals surface area contributed by atoms with Crippen LogP contribution in [-0.4, -0.2) is 35.9 Å². The van der Waals surface area contributed by atoms with E-state index < -0.39 is 41.0 Å². The first kappa shape index (κ1) is 19.5. The number of carbonyl (C=O) groups is 1. The number of ether oxygens (including phenoxy) is 1. The molecule has 1 aromatic carbocycles. The molecule has 8 nitrogen and oxygen atoms in total. The number of hydrogen-bond donors (Lipinski definition) is 1. The van der Waals surface area contributed by atoms with Crippen LogP contribution in [0, 0.1) is 10.1 Å². The molecular formula is C15H13BrF2N4O4. The summed E-state index contributed by atoms with van der Waals surface area (Å²) in [6, 6.07) is 7.61. The van der Waals surface area contributed by atoms with Gasteiger partial charge in [0.2, 0.25) is 11.7 Å². The van der Waals surface area contributed by atoms with Gasteiger partial charge in [-0.05, 0) is 24.3 Å². The molecule has 26 heavy (non-hydrogen) atoms. The molecule has 0 aliphatic carbocycles. The van der Waals surface area contributed by atoms with E-state index in [9.17, 15) is 23.7 Å². The maximum absolute atomic E-state index is 12.4. The number of carbonyl (C=O) groups excluding carboxylic acids is 1. The van der Waals surface area contributed by atoms with E-state index >= 15 is 0 Å². The van der Waals surface area contributed by atoms with Crippen LogP contribution in [0.2, 0.25) is 0 Å². The molecule has 11 heteroatoms. The highest BCUT2D eigenvalue weighted by Gasteiger charge is 2.27. The number of amides is 1. The molecule has 0 bridgehead atoms. The SMILES string of the molecule is CN(c1ccc(Br)cc1)c1nc(OCC(F)F)c(C(N)=O)cc1[N+](=O)[O-]. The second-order valence-electron chi connectivity index (χ2n) is 5.04. The van der Waals surface area contributed by atoms with Crippen molar-refractivity contribution in [3.63, 3.8) is 0 Å². The van der Waals surface area contributed by atoms with Crippen molar-refractivity contribution >= 4 is 39.0 Å². The molecule has 0 spiro atoms. The van der Waals surface area contributed by atoms with Crippen molar-refractivity contribution in [2.24, 2.45) is 5.73 Å². The number of alkyl halides is 2. The summed E-state index contributed by atoms with van der Waals surface area (Å²) in [6.07, 6.45) is -2.82. The molecular weight excluding hydrogens is 418 g/mol. The number of benzene rings is 1. The molecule has 0 radical (unpaired) electrons. The Labute approximate surface area is 154 Å². The number of halogens is 3. The van der Waals surface area contributed by atoms with Gasteiger partial charge in [0.05, 0.1) is 4.92 Å². The average molecular weight is 431 g/mol. The molecule has 1 amide bonds. The number of hydrogen-bond acceptors (Lipinski definition) is 6. The zero-order valence-corrected chi connectivity index (χ0v) is 14.9. The summed E-state index contributed by atoms with van der Waals surface area (Å²) in [5.41, 5.74) is 4.72. The van der Waals surface area contributed by atoms with Gasteiger partial charge in [-0.15, -0.1) is 0 Å². The number of nitrogens with two attached hydrogens (primary N) is 1. The summed E-state index contributed by atoms with van der Waals surface area (Å²) in [5.74, 6) is -1.77. The molecule has 1 heterocycles. The highest BCUT2D eigenvalue weighted by Crippen LogP contribution is 2.35. The van der Waals surface area contributed by atoms with Crippen molar-refractivity contribution in [3.05, 3.63) is 50.5 Å². The van der Waals surface area contributed by atoms with Crippen LogP contribution in [0.15, 0.2) is 34.8 Å². The molecule has 2 N–H and O–H groups in total. The summed E-state index contributed by atoms with van der Waals surface area (Å²) in [7, 11) is 1.50. The monoisotopic (exact) mass is 430 g/mol. The minimum absolute atomic E-state index is 0.188. The van der Waals surface area contributed by atoms with Crippen molar-refractivity contribution in [3.8, 4) is 5.88 Å².